The predicted molar refractivity (Wildman–Crippen MR) is 93.2 cm³/mol. The Balaban J connectivity index is 1.62. The Morgan fingerprint density at radius 2 is 2.24 bits per heavy atom. The monoisotopic (exact) mass is 331 g/mol. The molecule has 0 saturated heterocycles. The lowest BCUT2D eigenvalue weighted by molar-refractivity contribution is 0.102. The van der Waals surface area contributed by atoms with Gasteiger partial charge in [-0.3, -0.25) is 4.79 Å². The van der Waals surface area contributed by atoms with Crippen LogP contribution < -0.4 is 5.32 Å². The molecule has 1 amide bonds. The summed E-state index contributed by atoms with van der Waals surface area (Å²) in [6, 6.07) is 13.9. The molecule has 0 bridgehead atoms. The molecule has 124 valence electrons. The number of benzene rings is 1. The van der Waals surface area contributed by atoms with E-state index in [1.807, 2.05) is 16.8 Å². The number of aromatic nitrogens is 3. The minimum atomic E-state index is -0.285. The molecule has 2 aromatic heterocycles. The maximum atomic E-state index is 12.4. The Bertz CT molecular complexity index is 962. The van der Waals surface area contributed by atoms with Crippen molar-refractivity contribution in [3.05, 3.63) is 71.2 Å². The first-order chi connectivity index (χ1) is 12.3. The fraction of sp³-hybridized carbons (Fsp3) is 0.211. The molecule has 4 rings (SSSR count). The van der Waals surface area contributed by atoms with Crippen LogP contribution in [0.4, 0.5) is 5.82 Å². The maximum absolute atomic E-state index is 12.4. The lowest BCUT2D eigenvalue weighted by Gasteiger charge is -2.27. The molecule has 0 aliphatic heterocycles. The number of hydrogen-bond donors (Lipinski definition) is 2. The van der Waals surface area contributed by atoms with Gasteiger partial charge < -0.3 is 10.3 Å². The lowest BCUT2D eigenvalue weighted by Crippen LogP contribution is -2.22. The molecule has 6 heteroatoms. The van der Waals surface area contributed by atoms with Gasteiger partial charge in [0.25, 0.3) is 5.91 Å². The number of nitrogens with zero attached hydrogens (tertiary/aromatic N) is 3. The smallest absolute Gasteiger partial charge is 0.273 e. The minimum Gasteiger partial charge on any atom is -0.356 e. The number of aromatic amines is 1. The SMILES string of the molecule is N#Cc1c[nH]c(C(=O)Nc2ccnn2C2CCCc3ccccc32)c1. The molecule has 1 unspecified atom stereocenters. The van der Waals surface area contributed by atoms with Gasteiger partial charge in [-0.1, -0.05) is 24.3 Å². The third-order valence-electron chi connectivity index (χ3n) is 4.60. The molecule has 0 fully saturated rings. The summed E-state index contributed by atoms with van der Waals surface area (Å²) in [5, 5.41) is 16.2. The molecule has 1 atom stereocenters. The number of aryl methyl sites for hydroxylation is 1. The third-order valence-corrected chi connectivity index (χ3v) is 4.60. The second kappa shape index (κ2) is 6.29. The van der Waals surface area contributed by atoms with Gasteiger partial charge in [-0.15, -0.1) is 0 Å². The summed E-state index contributed by atoms with van der Waals surface area (Å²) in [5.41, 5.74) is 3.39. The highest BCUT2D eigenvalue weighted by Crippen LogP contribution is 2.34. The molecule has 1 aliphatic rings. The van der Waals surface area contributed by atoms with Crippen LogP contribution in [0.15, 0.2) is 48.8 Å². The second-order valence-corrected chi connectivity index (χ2v) is 6.14. The Morgan fingerprint density at radius 3 is 3.08 bits per heavy atom. The number of hydrogen-bond acceptors (Lipinski definition) is 3. The van der Waals surface area contributed by atoms with Crippen LogP contribution in [-0.4, -0.2) is 20.7 Å². The summed E-state index contributed by atoms with van der Waals surface area (Å²) in [4.78, 5) is 15.2. The molecule has 3 aromatic rings. The van der Waals surface area contributed by atoms with Crippen LogP contribution >= 0.6 is 0 Å². The number of amides is 1. The zero-order chi connectivity index (χ0) is 17.2. The Kier molecular flexibility index (Phi) is 3.82. The molecule has 25 heavy (non-hydrogen) atoms. The van der Waals surface area contributed by atoms with E-state index in [9.17, 15) is 4.79 Å². The van der Waals surface area contributed by atoms with Crippen LogP contribution in [-0.2, 0) is 6.42 Å². The Hall–Kier alpha value is -3.33. The fourth-order valence-corrected chi connectivity index (χ4v) is 3.42. The zero-order valence-electron chi connectivity index (χ0n) is 13.6. The largest absolute Gasteiger partial charge is 0.356 e. The van der Waals surface area contributed by atoms with Crippen molar-refractivity contribution in [3.63, 3.8) is 0 Å². The first-order valence-corrected chi connectivity index (χ1v) is 8.27. The molecule has 0 radical (unpaired) electrons. The van der Waals surface area contributed by atoms with Crippen LogP contribution in [0.2, 0.25) is 0 Å². The quantitative estimate of drug-likeness (QED) is 0.772. The van der Waals surface area contributed by atoms with E-state index in [2.05, 4.69) is 33.6 Å². The molecule has 2 heterocycles. The van der Waals surface area contributed by atoms with Crippen LogP contribution in [0.5, 0.6) is 0 Å². The average Bonchev–Trinajstić information content (AvgIpc) is 3.30. The van der Waals surface area contributed by atoms with Gasteiger partial charge >= 0.3 is 0 Å². The third kappa shape index (κ3) is 2.81. The summed E-state index contributed by atoms with van der Waals surface area (Å²) in [6.45, 7) is 0. The molecule has 1 aromatic carbocycles. The Labute approximate surface area is 145 Å². The van der Waals surface area contributed by atoms with Crippen molar-refractivity contribution in [2.45, 2.75) is 25.3 Å². The fourth-order valence-electron chi connectivity index (χ4n) is 3.42. The summed E-state index contributed by atoms with van der Waals surface area (Å²) >= 11 is 0. The molecular weight excluding hydrogens is 314 g/mol. The molecule has 1 aliphatic carbocycles. The number of carbonyl (C=O) groups excluding carboxylic acids is 1. The van der Waals surface area contributed by atoms with Gasteiger partial charge in [0.1, 0.15) is 17.6 Å². The van der Waals surface area contributed by atoms with E-state index in [1.54, 1.807) is 12.3 Å². The summed E-state index contributed by atoms with van der Waals surface area (Å²) in [5.74, 6) is 0.368. The summed E-state index contributed by atoms with van der Waals surface area (Å²) in [6.07, 6.45) is 6.38. The Morgan fingerprint density at radius 1 is 1.36 bits per heavy atom. The molecule has 0 spiro atoms. The number of rotatable bonds is 3. The highest BCUT2D eigenvalue weighted by Gasteiger charge is 2.24. The van der Waals surface area contributed by atoms with Crippen LogP contribution in [0, 0.1) is 11.3 Å². The van der Waals surface area contributed by atoms with E-state index in [0.717, 1.165) is 19.3 Å². The number of anilines is 1. The van der Waals surface area contributed by atoms with Gasteiger partial charge in [0.2, 0.25) is 0 Å². The standard InChI is InChI=1S/C19H17N5O/c20-11-13-10-16(21-12-13)19(25)23-18-8-9-22-24(18)17-7-3-5-14-4-1-2-6-15(14)17/h1-2,4,6,8-10,12,17,21H,3,5,7H2,(H,23,25). The zero-order valence-corrected chi connectivity index (χ0v) is 13.6. The van der Waals surface area contributed by atoms with Gasteiger partial charge in [-0.05, 0) is 36.5 Å². The van der Waals surface area contributed by atoms with Gasteiger partial charge in [0, 0.05) is 12.3 Å². The normalized spacial score (nSPS) is 16.0. The van der Waals surface area contributed by atoms with Gasteiger partial charge in [-0.25, -0.2) is 4.68 Å². The van der Waals surface area contributed by atoms with Crippen molar-refractivity contribution in [2.75, 3.05) is 5.32 Å². The van der Waals surface area contributed by atoms with Crippen molar-refractivity contribution in [1.82, 2.24) is 14.8 Å². The van der Waals surface area contributed by atoms with Crippen molar-refractivity contribution in [1.29, 1.82) is 5.26 Å². The average molecular weight is 331 g/mol. The van der Waals surface area contributed by atoms with Crippen molar-refractivity contribution >= 4 is 11.7 Å². The first-order valence-electron chi connectivity index (χ1n) is 8.27. The molecular formula is C19H17N5O. The van der Waals surface area contributed by atoms with Gasteiger partial charge in [0.05, 0.1) is 17.8 Å². The molecule has 2 N–H and O–H groups in total. The van der Waals surface area contributed by atoms with E-state index in [0.29, 0.717) is 17.1 Å². The van der Waals surface area contributed by atoms with E-state index < -0.39 is 0 Å². The maximum Gasteiger partial charge on any atom is 0.273 e. The van der Waals surface area contributed by atoms with Gasteiger partial charge in [0.15, 0.2) is 0 Å². The number of fused-ring (bicyclic) bond motifs is 1. The van der Waals surface area contributed by atoms with Crippen LogP contribution in [0.1, 0.15) is 46.1 Å². The minimum absolute atomic E-state index is 0.119. The first kappa shape index (κ1) is 15.2. The lowest BCUT2D eigenvalue weighted by atomic mass is 9.88. The molecule has 0 saturated carbocycles. The summed E-state index contributed by atoms with van der Waals surface area (Å²) < 4.78 is 1.88. The van der Waals surface area contributed by atoms with Crippen molar-refractivity contribution in [3.8, 4) is 6.07 Å². The molecule has 6 nitrogen and oxygen atoms in total. The van der Waals surface area contributed by atoms with E-state index in [1.165, 1.54) is 23.4 Å². The van der Waals surface area contributed by atoms with Crippen LogP contribution in [0.3, 0.4) is 0 Å². The highest BCUT2D eigenvalue weighted by atomic mass is 16.2. The topological polar surface area (TPSA) is 86.5 Å². The number of H-pyrrole nitrogens is 1. The summed E-state index contributed by atoms with van der Waals surface area (Å²) in [7, 11) is 0. The van der Waals surface area contributed by atoms with Crippen LogP contribution in [0.25, 0.3) is 0 Å². The van der Waals surface area contributed by atoms with E-state index in [4.69, 9.17) is 5.26 Å². The highest BCUT2D eigenvalue weighted by molar-refractivity contribution is 6.02. The number of nitriles is 1. The van der Waals surface area contributed by atoms with Crippen molar-refractivity contribution in [2.24, 2.45) is 0 Å². The van der Waals surface area contributed by atoms with E-state index >= 15 is 0 Å². The number of nitrogens with one attached hydrogen (secondary N) is 2. The van der Waals surface area contributed by atoms with E-state index in [-0.39, 0.29) is 11.9 Å². The van der Waals surface area contributed by atoms with Crippen molar-refractivity contribution < 1.29 is 4.79 Å². The number of carbonyl (C=O) groups is 1. The predicted octanol–water partition coefficient (Wildman–Crippen LogP) is 3.26. The second-order valence-electron chi connectivity index (χ2n) is 6.14. The van der Waals surface area contributed by atoms with Gasteiger partial charge in [-0.2, -0.15) is 10.4 Å².